The predicted octanol–water partition coefficient (Wildman–Crippen LogP) is 5.22. The molecule has 0 fully saturated rings. The molecular weight excluding hydrogens is 653 g/mol. The molecule has 266 valence electrons. The van der Waals surface area contributed by atoms with Gasteiger partial charge >= 0.3 is 0 Å². The summed E-state index contributed by atoms with van der Waals surface area (Å²) in [5, 5.41) is 3.73. The van der Waals surface area contributed by atoms with E-state index in [-0.39, 0.29) is 18.7 Å². The highest BCUT2D eigenvalue weighted by molar-refractivity contribution is 7.40. The molecule has 0 amide bonds. The van der Waals surface area contributed by atoms with Gasteiger partial charge in [-0.15, -0.1) is 0 Å². The summed E-state index contributed by atoms with van der Waals surface area (Å²) in [5.41, 5.74) is 3.63. The van der Waals surface area contributed by atoms with Gasteiger partial charge in [-0.1, -0.05) is 36.4 Å². The molecule has 0 radical (unpaired) electrons. The van der Waals surface area contributed by atoms with E-state index in [1.54, 1.807) is 0 Å². The van der Waals surface area contributed by atoms with E-state index in [1.165, 1.54) is 32.7 Å². The van der Waals surface area contributed by atoms with Crippen LogP contribution in [0, 0.1) is 0 Å². The van der Waals surface area contributed by atoms with Crippen molar-refractivity contribution in [3.8, 4) is 0 Å². The Bertz CT molecular complexity index is 1720. The second-order valence-electron chi connectivity index (χ2n) is 11.0. The van der Waals surface area contributed by atoms with Crippen molar-refractivity contribution in [2.24, 2.45) is 0 Å². The average Bonchev–Trinajstić information content (AvgIpc) is 3.11. The highest BCUT2D eigenvalue weighted by Crippen LogP contribution is 2.13. The van der Waals surface area contributed by atoms with Crippen LogP contribution in [0.5, 0.6) is 0 Å². The van der Waals surface area contributed by atoms with Gasteiger partial charge in [-0.2, -0.15) is 21.5 Å². The largest absolute Gasteiger partial charge is 0.822 e. The minimum Gasteiger partial charge on any atom is -0.822 e. The fourth-order valence-corrected chi connectivity index (χ4v) is 5.47. The van der Waals surface area contributed by atoms with Gasteiger partial charge in [-0.25, -0.2) is 0 Å². The van der Waals surface area contributed by atoms with Gasteiger partial charge in [0.25, 0.3) is 18.7 Å². The maximum Gasteiger partial charge on any atom is 0.260 e. The molecule has 3 aromatic carbocycles. The van der Waals surface area contributed by atoms with E-state index in [0.717, 1.165) is 19.8 Å². The lowest BCUT2D eigenvalue weighted by Crippen LogP contribution is -2.39. The van der Waals surface area contributed by atoms with E-state index in [0.29, 0.717) is 0 Å². The lowest BCUT2D eigenvalue weighted by atomic mass is 10.2. The van der Waals surface area contributed by atoms with Crippen LogP contribution in [-0.2, 0) is 18.8 Å². The Hall–Kier alpha value is -4.12. The van der Waals surface area contributed by atoms with Gasteiger partial charge in [-0.05, 0) is 57.2 Å². The normalized spacial score (nSPS) is 12.8. The van der Waals surface area contributed by atoms with Crippen LogP contribution in [0.1, 0.15) is 60.2 Å². The third-order valence-corrected chi connectivity index (χ3v) is 7.61. The van der Waals surface area contributed by atoms with Crippen LogP contribution in [0.2, 0.25) is 0 Å². The predicted molar refractivity (Wildman–Crippen MR) is 189 cm³/mol. The molecule has 3 atom stereocenters. The third kappa shape index (κ3) is 12.6. The number of aromatic nitrogens is 3. The zero-order chi connectivity index (χ0) is 36.5. The molecule has 3 heterocycles. The number of benzene rings is 3. The van der Waals surface area contributed by atoms with Gasteiger partial charge in [0.2, 0.25) is 16.6 Å². The zero-order valence-corrected chi connectivity index (χ0v) is 30.5. The van der Waals surface area contributed by atoms with Crippen molar-refractivity contribution in [2.75, 3.05) is 19.8 Å². The molecule has 0 spiro atoms. The minimum absolute atomic E-state index is 0.0844. The average molecular weight is 702 g/mol. The number of phosphoric acid groups is 1. The number of rotatable bonds is 9. The van der Waals surface area contributed by atoms with Crippen molar-refractivity contribution in [1.82, 2.24) is 0 Å². The first kappa shape index (κ1) is 40.3. The molecule has 11 heteroatoms. The van der Waals surface area contributed by atoms with Crippen molar-refractivity contribution >= 4 is 40.5 Å². The Labute approximate surface area is 295 Å². The quantitative estimate of drug-likeness (QED) is 0.150. The number of ether oxygens (including phenoxy) is 3. The molecule has 6 aromatic rings. The molecule has 3 aromatic heterocycles. The highest BCUT2D eigenvalue weighted by atomic mass is 31.2. The lowest BCUT2D eigenvalue weighted by molar-refractivity contribution is -0.736. The summed E-state index contributed by atoms with van der Waals surface area (Å²) in [7, 11) is -5.39. The first-order chi connectivity index (χ1) is 24.0. The number of hydrogen-bond acceptors (Lipinski definition) is 7. The monoisotopic (exact) mass is 701 g/mol. The van der Waals surface area contributed by atoms with Crippen molar-refractivity contribution in [2.45, 2.75) is 60.2 Å². The molecular formula is C39H48N3O7P. The van der Waals surface area contributed by atoms with Gasteiger partial charge in [-0.3, -0.25) is 0 Å². The van der Waals surface area contributed by atoms with Crippen LogP contribution in [0.3, 0.4) is 0 Å². The van der Waals surface area contributed by atoms with Gasteiger partial charge in [0.1, 0.15) is 0 Å². The Kier molecular flexibility index (Phi) is 16.6. The molecule has 0 saturated carbocycles. The van der Waals surface area contributed by atoms with Gasteiger partial charge in [0.05, 0.1) is 19.8 Å². The van der Waals surface area contributed by atoms with Crippen molar-refractivity contribution < 1.29 is 47.2 Å². The number of pyridine rings is 3. The second-order valence-corrected chi connectivity index (χ2v) is 11.9. The number of nitrogens with zero attached hydrogens (tertiary/aromatic N) is 3. The Morgan fingerprint density at radius 3 is 0.940 bits per heavy atom. The topological polar surface area (TPSA) is 126 Å². The van der Waals surface area contributed by atoms with Gasteiger partial charge < -0.3 is 33.5 Å². The molecule has 0 saturated heterocycles. The molecule has 0 aliphatic heterocycles. The summed E-state index contributed by atoms with van der Waals surface area (Å²) in [6, 6.07) is 37.5. The van der Waals surface area contributed by atoms with Crippen LogP contribution >= 0.6 is 7.82 Å². The fraction of sp³-hybridized carbons (Fsp3) is 0.308. The van der Waals surface area contributed by atoms with Gasteiger partial charge in [0, 0.05) is 73.3 Å². The van der Waals surface area contributed by atoms with Crippen molar-refractivity contribution in [3.05, 3.63) is 128 Å². The standard InChI is InChI=1S/3C13H16NO.H3O4P/c3*1-3-15-11(2)14-10-6-8-12-7-4-5-9-13(12)14;1-5(2,3)4/h3*4-11H,3H2,1-2H3;(H3,1,2,3,4)/q3*+1;/p-3. The summed E-state index contributed by atoms with van der Waals surface area (Å²) in [6.07, 6.45) is 6.43. The summed E-state index contributed by atoms with van der Waals surface area (Å²) in [5.74, 6) is 0. The Morgan fingerprint density at radius 2 is 0.700 bits per heavy atom. The molecule has 0 aliphatic rings. The van der Waals surface area contributed by atoms with E-state index in [2.05, 4.69) is 162 Å². The molecule has 50 heavy (non-hydrogen) atoms. The summed E-state index contributed by atoms with van der Waals surface area (Å²) >= 11 is 0. The molecule has 0 bridgehead atoms. The molecule has 6 rings (SSSR count). The van der Waals surface area contributed by atoms with Crippen LogP contribution in [0.15, 0.2) is 128 Å². The minimum atomic E-state index is -5.39. The van der Waals surface area contributed by atoms with E-state index in [4.69, 9.17) is 33.5 Å². The van der Waals surface area contributed by atoms with Crippen LogP contribution in [-0.4, -0.2) is 19.8 Å². The van der Waals surface area contributed by atoms with Crippen LogP contribution < -0.4 is 28.4 Å². The number of hydrogen-bond donors (Lipinski definition) is 0. The maximum atomic E-state index is 8.55. The highest BCUT2D eigenvalue weighted by Gasteiger charge is 2.17. The van der Waals surface area contributed by atoms with Crippen molar-refractivity contribution in [1.29, 1.82) is 0 Å². The lowest BCUT2D eigenvalue weighted by Gasteiger charge is -2.36. The zero-order valence-electron chi connectivity index (χ0n) is 29.6. The van der Waals surface area contributed by atoms with Crippen LogP contribution in [0.25, 0.3) is 32.7 Å². The van der Waals surface area contributed by atoms with E-state index < -0.39 is 7.82 Å². The summed E-state index contributed by atoms with van der Waals surface area (Å²) in [6.45, 7) is 14.4. The molecule has 0 aliphatic carbocycles. The SMILES string of the molecule is CCOC(C)[n+]1cccc2ccccc21.CCOC(C)[n+]1cccc2ccccc21.CCOC(C)[n+]1cccc2ccccc21.O=P([O-])([O-])[O-]. The first-order valence-corrected chi connectivity index (χ1v) is 18.2. The Balaban J connectivity index is 0.000000190. The fourth-order valence-electron chi connectivity index (χ4n) is 5.47. The maximum absolute atomic E-state index is 8.55. The third-order valence-electron chi connectivity index (χ3n) is 7.61. The van der Waals surface area contributed by atoms with E-state index in [9.17, 15) is 0 Å². The summed E-state index contributed by atoms with van der Waals surface area (Å²) in [4.78, 5) is 25.6. The van der Waals surface area contributed by atoms with Crippen molar-refractivity contribution in [3.63, 3.8) is 0 Å². The molecule has 3 unspecified atom stereocenters. The van der Waals surface area contributed by atoms with Gasteiger partial charge in [0.15, 0.2) is 18.6 Å². The molecule has 10 nitrogen and oxygen atoms in total. The second kappa shape index (κ2) is 20.5. The Morgan fingerprint density at radius 1 is 0.480 bits per heavy atom. The number of para-hydroxylation sites is 3. The first-order valence-electron chi connectivity index (χ1n) is 16.7. The van der Waals surface area contributed by atoms with E-state index in [1.807, 2.05) is 20.8 Å². The molecule has 0 N–H and O–H groups in total. The summed E-state index contributed by atoms with van der Waals surface area (Å²) < 4.78 is 31.8. The van der Waals surface area contributed by atoms with Crippen LogP contribution in [0.4, 0.5) is 0 Å². The van der Waals surface area contributed by atoms with E-state index >= 15 is 0 Å². The smallest absolute Gasteiger partial charge is 0.260 e. The number of fused-ring (bicyclic) bond motifs is 3.